The van der Waals surface area contributed by atoms with E-state index >= 15 is 0 Å². The molecule has 0 bridgehead atoms. The van der Waals surface area contributed by atoms with Crippen LogP contribution in [-0.4, -0.2) is 18.1 Å². The van der Waals surface area contributed by atoms with Crippen molar-refractivity contribution in [3.63, 3.8) is 0 Å². The predicted molar refractivity (Wildman–Crippen MR) is 32.7 cm³/mol. The number of epoxide rings is 1. The van der Waals surface area contributed by atoms with Crippen LogP contribution in [0.3, 0.4) is 0 Å². The minimum atomic E-state index is -0.180. The molecular formula is C6H9NO2. The number of hydrogen-bond donors (Lipinski definition) is 1. The third-order valence-electron chi connectivity index (χ3n) is 1.08. The predicted octanol–water partition coefficient (Wildman–Crippen LogP) is -0.185. The Kier molecular flexibility index (Phi) is 1.64. The molecule has 0 saturated carbocycles. The second-order valence-corrected chi connectivity index (χ2v) is 2.04. The molecule has 9 heavy (non-hydrogen) atoms. The molecule has 0 aromatic carbocycles. The number of nitrogens with two attached hydrogens (primary N) is 1. The molecule has 0 spiro atoms. The van der Waals surface area contributed by atoms with E-state index in [1.54, 1.807) is 6.08 Å². The summed E-state index contributed by atoms with van der Waals surface area (Å²) in [6.07, 6.45) is 2.94. The van der Waals surface area contributed by atoms with E-state index in [-0.39, 0.29) is 18.1 Å². The highest BCUT2D eigenvalue weighted by molar-refractivity contribution is 5.87. The molecule has 1 saturated heterocycles. The summed E-state index contributed by atoms with van der Waals surface area (Å²) in [6.45, 7) is 1.49. The topological polar surface area (TPSA) is 55.6 Å². The molecule has 0 amide bonds. The maximum atomic E-state index is 10.3. The third-order valence-corrected chi connectivity index (χ3v) is 1.08. The van der Waals surface area contributed by atoms with E-state index < -0.39 is 0 Å². The van der Waals surface area contributed by atoms with Gasteiger partial charge in [0.05, 0.1) is 0 Å². The molecule has 1 aliphatic rings. The van der Waals surface area contributed by atoms with Gasteiger partial charge >= 0.3 is 0 Å². The molecule has 3 heteroatoms. The van der Waals surface area contributed by atoms with Crippen LogP contribution in [0.2, 0.25) is 0 Å². The van der Waals surface area contributed by atoms with Crippen molar-refractivity contribution in [2.75, 3.05) is 0 Å². The SMILES string of the molecule is CC(=O)/C=C/C1OC1N. The van der Waals surface area contributed by atoms with Crippen LogP contribution in [0.25, 0.3) is 0 Å². The highest BCUT2D eigenvalue weighted by atomic mass is 16.6. The van der Waals surface area contributed by atoms with E-state index in [4.69, 9.17) is 10.5 Å². The molecule has 1 fully saturated rings. The first-order valence-corrected chi connectivity index (χ1v) is 2.80. The summed E-state index contributed by atoms with van der Waals surface area (Å²) in [6, 6.07) is 0. The zero-order chi connectivity index (χ0) is 6.85. The molecule has 2 atom stereocenters. The summed E-state index contributed by atoms with van der Waals surface area (Å²) < 4.78 is 4.81. The molecule has 0 aliphatic carbocycles. The quantitative estimate of drug-likeness (QED) is 0.413. The van der Waals surface area contributed by atoms with Crippen molar-refractivity contribution in [2.45, 2.75) is 19.3 Å². The van der Waals surface area contributed by atoms with Crippen LogP contribution in [-0.2, 0) is 9.53 Å². The monoisotopic (exact) mass is 127 g/mol. The molecule has 1 heterocycles. The van der Waals surface area contributed by atoms with Gasteiger partial charge in [0.25, 0.3) is 0 Å². The van der Waals surface area contributed by atoms with E-state index in [9.17, 15) is 4.79 Å². The Balaban J connectivity index is 2.25. The summed E-state index contributed by atoms with van der Waals surface area (Å²) in [5.74, 6) is 0.0256. The van der Waals surface area contributed by atoms with Crippen LogP contribution < -0.4 is 5.73 Å². The van der Waals surface area contributed by atoms with Crippen molar-refractivity contribution < 1.29 is 9.53 Å². The number of carbonyl (C=O) groups is 1. The first-order valence-electron chi connectivity index (χ1n) is 2.80. The normalized spacial score (nSPS) is 33.1. The molecular weight excluding hydrogens is 118 g/mol. The van der Waals surface area contributed by atoms with Crippen molar-refractivity contribution >= 4 is 5.78 Å². The maximum absolute atomic E-state index is 10.3. The van der Waals surface area contributed by atoms with Gasteiger partial charge < -0.3 is 10.5 Å². The minimum Gasteiger partial charge on any atom is -0.349 e. The molecule has 0 radical (unpaired) electrons. The number of allylic oxidation sites excluding steroid dienone is 1. The van der Waals surface area contributed by atoms with E-state index in [1.165, 1.54) is 13.0 Å². The van der Waals surface area contributed by atoms with Crippen LogP contribution >= 0.6 is 0 Å². The summed E-state index contributed by atoms with van der Waals surface area (Å²) in [4.78, 5) is 10.3. The first-order chi connectivity index (χ1) is 4.20. The number of carbonyl (C=O) groups excluding carboxylic acids is 1. The summed E-state index contributed by atoms with van der Waals surface area (Å²) in [7, 11) is 0. The average Bonchev–Trinajstić information content (AvgIpc) is 2.42. The second-order valence-electron chi connectivity index (χ2n) is 2.04. The van der Waals surface area contributed by atoms with Crippen LogP contribution in [0.5, 0.6) is 0 Å². The Morgan fingerprint density at radius 1 is 1.78 bits per heavy atom. The fourth-order valence-electron chi connectivity index (χ4n) is 0.521. The highest BCUT2D eigenvalue weighted by Gasteiger charge is 2.31. The molecule has 0 aromatic heterocycles. The Labute approximate surface area is 53.5 Å². The van der Waals surface area contributed by atoms with Crippen molar-refractivity contribution in [3.05, 3.63) is 12.2 Å². The van der Waals surface area contributed by atoms with Gasteiger partial charge in [-0.3, -0.25) is 4.79 Å². The lowest BCUT2D eigenvalue weighted by molar-refractivity contribution is -0.112. The van der Waals surface area contributed by atoms with Gasteiger partial charge in [0.1, 0.15) is 12.3 Å². The fourth-order valence-corrected chi connectivity index (χ4v) is 0.521. The molecule has 2 unspecified atom stereocenters. The smallest absolute Gasteiger partial charge is 0.152 e. The van der Waals surface area contributed by atoms with Gasteiger partial charge in [-0.2, -0.15) is 0 Å². The number of hydrogen-bond acceptors (Lipinski definition) is 3. The maximum Gasteiger partial charge on any atom is 0.152 e. The van der Waals surface area contributed by atoms with E-state index in [2.05, 4.69) is 0 Å². The lowest BCUT2D eigenvalue weighted by Crippen LogP contribution is -2.03. The summed E-state index contributed by atoms with van der Waals surface area (Å²) in [5, 5.41) is 0. The van der Waals surface area contributed by atoms with E-state index in [0.717, 1.165) is 0 Å². The Morgan fingerprint density at radius 3 is 2.67 bits per heavy atom. The molecule has 1 aliphatic heterocycles. The molecule has 2 N–H and O–H groups in total. The molecule has 50 valence electrons. The van der Waals surface area contributed by atoms with Crippen molar-refractivity contribution in [1.82, 2.24) is 0 Å². The second kappa shape index (κ2) is 2.29. The van der Waals surface area contributed by atoms with Crippen molar-refractivity contribution in [3.8, 4) is 0 Å². The van der Waals surface area contributed by atoms with Crippen LogP contribution in [0.1, 0.15) is 6.92 Å². The van der Waals surface area contributed by atoms with Gasteiger partial charge in [0.15, 0.2) is 5.78 Å². The van der Waals surface area contributed by atoms with Gasteiger partial charge in [-0.25, -0.2) is 0 Å². The van der Waals surface area contributed by atoms with Crippen LogP contribution in [0.15, 0.2) is 12.2 Å². The highest BCUT2D eigenvalue weighted by Crippen LogP contribution is 2.16. The zero-order valence-corrected chi connectivity index (χ0v) is 5.20. The largest absolute Gasteiger partial charge is 0.349 e. The Hall–Kier alpha value is -0.670. The third kappa shape index (κ3) is 1.95. The van der Waals surface area contributed by atoms with Gasteiger partial charge in [0.2, 0.25) is 0 Å². The minimum absolute atomic E-state index is 0.0195. The Morgan fingerprint density at radius 2 is 2.33 bits per heavy atom. The standard InChI is InChI=1S/C6H9NO2/c1-4(8)2-3-5-6(7)9-5/h2-3,5-6H,7H2,1H3/b3-2+. The molecule has 0 aromatic rings. The van der Waals surface area contributed by atoms with Gasteiger partial charge in [0, 0.05) is 0 Å². The van der Waals surface area contributed by atoms with E-state index in [1.807, 2.05) is 0 Å². The number of rotatable bonds is 2. The lowest BCUT2D eigenvalue weighted by atomic mass is 10.3. The summed E-state index contributed by atoms with van der Waals surface area (Å²) in [5.41, 5.74) is 5.27. The van der Waals surface area contributed by atoms with Crippen molar-refractivity contribution in [1.29, 1.82) is 0 Å². The van der Waals surface area contributed by atoms with Crippen LogP contribution in [0, 0.1) is 0 Å². The summed E-state index contributed by atoms with van der Waals surface area (Å²) >= 11 is 0. The molecule has 1 rings (SSSR count). The van der Waals surface area contributed by atoms with Crippen LogP contribution in [0.4, 0.5) is 0 Å². The lowest BCUT2D eigenvalue weighted by Gasteiger charge is -1.75. The first kappa shape index (κ1) is 6.45. The van der Waals surface area contributed by atoms with Gasteiger partial charge in [-0.05, 0) is 19.1 Å². The van der Waals surface area contributed by atoms with E-state index in [0.29, 0.717) is 0 Å². The van der Waals surface area contributed by atoms with Gasteiger partial charge in [-0.15, -0.1) is 0 Å². The number of ether oxygens (including phenoxy) is 1. The average molecular weight is 127 g/mol. The Bertz CT molecular complexity index is 153. The van der Waals surface area contributed by atoms with Gasteiger partial charge in [-0.1, -0.05) is 0 Å². The number of ketones is 1. The zero-order valence-electron chi connectivity index (χ0n) is 5.20. The fraction of sp³-hybridized carbons (Fsp3) is 0.500. The molecule has 3 nitrogen and oxygen atoms in total. The van der Waals surface area contributed by atoms with Crippen molar-refractivity contribution in [2.24, 2.45) is 5.73 Å².